The van der Waals surface area contributed by atoms with E-state index in [0.717, 1.165) is 51.7 Å². The Kier molecular flexibility index (Phi) is 11.4. The Bertz CT molecular complexity index is 292. The highest BCUT2D eigenvalue weighted by Gasteiger charge is 2.12. The van der Waals surface area contributed by atoms with Gasteiger partial charge in [0.05, 0.1) is 0 Å². The van der Waals surface area contributed by atoms with Crippen LogP contribution in [0.5, 0.6) is 0 Å². The molecular weight excluding hydrogens is 248 g/mol. The van der Waals surface area contributed by atoms with Crippen molar-refractivity contribution < 1.29 is 9.47 Å². The van der Waals surface area contributed by atoms with E-state index < -0.39 is 0 Å². The minimum absolute atomic E-state index is 0.0599. The lowest BCUT2D eigenvalue weighted by Crippen LogP contribution is -2.22. The van der Waals surface area contributed by atoms with Crippen molar-refractivity contribution in [2.24, 2.45) is 0 Å². The fourth-order valence-corrected chi connectivity index (χ4v) is 2.11. The van der Waals surface area contributed by atoms with Gasteiger partial charge in [0.2, 0.25) is 0 Å². The van der Waals surface area contributed by atoms with E-state index in [1.54, 1.807) is 0 Å². The average Bonchev–Trinajstić information content (AvgIpc) is 2.49. The number of rotatable bonds is 9. The summed E-state index contributed by atoms with van der Waals surface area (Å²) in [5, 5.41) is 0. The molecule has 0 saturated carbocycles. The lowest BCUT2D eigenvalue weighted by molar-refractivity contribution is -0.162. The highest BCUT2D eigenvalue weighted by Crippen LogP contribution is 2.14. The second-order valence-corrected chi connectivity index (χ2v) is 5.28. The lowest BCUT2D eigenvalue weighted by atomic mass is 10.2. The normalized spacial score (nSPS) is 18.9. The number of hydrogen-bond donors (Lipinski definition) is 0. The summed E-state index contributed by atoms with van der Waals surface area (Å²) in [6.45, 7) is 3.88. The molecule has 0 N–H and O–H groups in total. The molecular formula is C18H30O2. The van der Waals surface area contributed by atoms with Crippen LogP contribution in [0.1, 0.15) is 71.1 Å². The fourth-order valence-electron chi connectivity index (χ4n) is 2.11. The van der Waals surface area contributed by atoms with E-state index in [0.29, 0.717) is 0 Å². The molecule has 1 atom stereocenters. The standard InChI is InChI=1S/C18H30O2/c1-2-3-4-5-6-7-8-9-10-11-13-16-19-18-15-12-14-17-20-18/h4-5,18H,2-3,6-7,10-17H2,1H3/b5-4-/t18-/m0/s1. The van der Waals surface area contributed by atoms with Crippen LogP contribution in [0.25, 0.3) is 0 Å². The molecule has 1 aliphatic rings. The quantitative estimate of drug-likeness (QED) is 0.341. The molecule has 1 rings (SSSR count). The van der Waals surface area contributed by atoms with E-state index in [9.17, 15) is 0 Å². The monoisotopic (exact) mass is 278 g/mol. The fraction of sp³-hybridized carbons (Fsp3) is 0.778. The second kappa shape index (κ2) is 13.2. The molecule has 0 bridgehead atoms. The van der Waals surface area contributed by atoms with Gasteiger partial charge in [0, 0.05) is 26.1 Å². The SMILES string of the molecule is CCC/C=C\CCC#CCCCCO[C@@H]1CCCCO1. The van der Waals surface area contributed by atoms with Crippen LogP contribution >= 0.6 is 0 Å². The molecule has 0 radical (unpaired) electrons. The summed E-state index contributed by atoms with van der Waals surface area (Å²) in [4.78, 5) is 0. The van der Waals surface area contributed by atoms with E-state index in [4.69, 9.17) is 9.47 Å². The summed E-state index contributed by atoms with van der Waals surface area (Å²) in [6, 6.07) is 0. The van der Waals surface area contributed by atoms with Crippen LogP contribution in [-0.4, -0.2) is 19.5 Å². The van der Waals surface area contributed by atoms with Gasteiger partial charge in [-0.05, 0) is 44.9 Å². The van der Waals surface area contributed by atoms with Gasteiger partial charge < -0.3 is 9.47 Å². The first-order chi connectivity index (χ1) is 9.93. The topological polar surface area (TPSA) is 18.5 Å². The molecule has 0 amide bonds. The van der Waals surface area contributed by atoms with E-state index in [1.807, 2.05) is 0 Å². The first-order valence-corrected chi connectivity index (χ1v) is 8.27. The van der Waals surface area contributed by atoms with Crippen molar-refractivity contribution in [3.05, 3.63) is 12.2 Å². The molecule has 0 aliphatic carbocycles. The lowest BCUT2D eigenvalue weighted by Gasteiger charge is -2.22. The molecule has 0 spiro atoms. The molecule has 114 valence electrons. The van der Waals surface area contributed by atoms with Crippen LogP contribution < -0.4 is 0 Å². The Balaban J connectivity index is 1.84. The zero-order valence-corrected chi connectivity index (χ0v) is 13.0. The summed E-state index contributed by atoms with van der Waals surface area (Å²) in [7, 11) is 0. The summed E-state index contributed by atoms with van der Waals surface area (Å²) in [6.07, 6.45) is 15.8. The third-order valence-corrected chi connectivity index (χ3v) is 3.32. The maximum Gasteiger partial charge on any atom is 0.157 e. The van der Waals surface area contributed by atoms with Gasteiger partial charge in [-0.25, -0.2) is 0 Å². The summed E-state index contributed by atoms with van der Waals surface area (Å²) in [5.74, 6) is 6.48. The third-order valence-electron chi connectivity index (χ3n) is 3.32. The van der Waals surface area contributed by atoms with Crippen molar-refractivity contribution in [2.45, 2.75) is 77.4 Å². The van der Waals surface area contributed by atoms with Gasteiger partial charge in [0.15, 0.2) is 6.29 Å². The summed E-state index contributed by atoms with van der Waals surface area (Å²) in [5.41, 5.74) is 0. The van der Waals surface area contributed by atoms with Crippen LogP contribution in [0, 0.1) is 11.8 Å². The number of unbranched alkanes of at least 4 members (excludes halogenated alkanes) is 4. The van der Waals surface area contributed by atoms with Crippen LogP contribution in [0.4, 0.5) is 0 Å². The molecule has 1 saturated heterocycles. The Morgan fingerprint density at radius 2 is 1.95 bits per heavy atom. The van der Waals surface area contributed by atoms with Crippen molar-refractivity contribution in [1.82, 2.24) is 0 Å². The van der Waals surface area contributed by atoms with Crippen LogP contribution in [0.3, 0.4) is 0 Å². The summed E-state index contributed by atoms with van der Waals surface area (Å²) < 4.78 is 11.2. The van der Waals surface area contributed by atoms with Crippen molar-refractivity contribution in [2.75, 3.05) is 13.2 Å². The molecule has 2 nitrogen and oxygen atoms in total. The maximum atomic E-state index is 5.69. The zero-order chi connectivity index (χ0) is 14.3. The molecule has 1 aliphatic heterocycles. The van der Waals surface area contributed by atoms with Gasteiger partial charge in [-0.15, -0.1) is 11.8 Å². The van der Waals surface area contributed by atoms with Crippen LogP contribution in [-0.2, 0) is 9.47 Å². The van der Waals surface area contributed by atoms with E-state index >= 15 is 0 Å². The van der Waals surface area contributed by atoms with Crippen molar-refractivity contribution in [3.63, 3.8) is 0 Å². The third kappa shape index (κ3) is 10.1. The van der Waals surface area contributed by atoms with Crippen molar-refractivity contribution in [3.8, 4) is 11.8 Å². The molecule has 2 heteroatoms. The van der Waals surface area contributed by atoms with E-state index in [-0.39, 0.29) is 6.29 Å². The zero-order valence-electron chi connectivity index (χ0n) is 13.0. The van der Waals surface area contributed by atoms with E-state index in [2.05, 4.69) is 30.9 Å². The molecule has 20 heavy (non-hydrogen) atoms. The van der Waals surface area contributed by atoms with Crippen molar-refractivity contribution in [1.29, 1.82) is 0 Å². The first-order valence-electron chi connectivity index (χ1n) is 8.27. The van der Waals surface area contributed by atoms with Crippen LogP contribution in [0.2, 0.25) is 0 Å². The predicted octanol–water partition coefficient (Wildman–Crippen LogP) is 4.84. The number of hydrogen-bond acceptors (Lipinski definition) is 2. The van der Waals surface area contributed by atoms with E-state index in [1.165, 1.54) is 25.7 Å². The van der Waals surface area contributed by atoms with Gasteiger partial charge in [0.1, 0.15) is 0 Å². The van der Waals surface area contributed by atoms with Crippen LogP contribution in [0.15, 0.2) is 12.2 Å². The number of allylic oxidation sites excluding steroid dienone is 2. The molecule has 0 aromatic carbocycles. The molecule has 1 heterocycles. The van der Waals surface area contributed by atoms with Gasteiger partial charge >= 0.3 is 0 Å². The molecule has 1 fully saturated rings. The molecule has 0 aromatic rings. The van der Waals surface area contributed by atoms with Gasteiger partial charge in [-0.1, -0.05) is 25.5 Å². The largest absolute Gasteiger partial charge is 0.353 e. The second-order valence-electron chi connectivity index (χ2n) is 5.28. The summed E-state index contributed by atoms with van der Waals surface area (Å²) >= 11 is 0. The molecule has 0 unspecified atom stereocenters. The Morgan fingerprint density at radius 1 is 1.10 bits per heavy atom. The minimum atomic E-state index is 0.0599. The van der Waals surface area contributed by atoms with Gasteiger partial charge in [0.25, 0.3) is 0 Å². The Morgan fingerprint density at radius 3 is 2.75 bits per heavy atom. The average molecular weight is 278 g/mol. The van der Waals surface area contributed by atoms with Gasteiger partial charge in [-0.3, -0.25) is 0 Å². The highest BCUT2D eigenvalue weighted by atomic mass is 16.7. The predicted molar refractivity (Wildman–Crippen MR) is 84.5 cm³/mol. The first kappa shape index (κ1) is 17.3. The van der Waals surface area contributed by atoms with Crippen molar-refractivity contribution >= 4 is 0 Å². The van der Waals surface area contributed by atoms with Gasteiger partial charge in [-0.2, -0.15) is 0 Å². The molecule has 0 aromatic heterocycles. The highest BCUT2D eigenvalue weighted by molar-refractivity contribution is 5.00. The number of ether oxygens (including phenoxy) is 2. The minimum Gasteiger partial charge on any atom is -0.353 e. The maximum absolute atomic E-state index is 5.69. The smallest absolute Gasteiger partial charge is 0.157 e. The Hall–Kier alpha value is -0.780. The Labute approximate surface area is 124 Å².